The number of esters is 1. The Morgan fingerprint density at radius 2 is 2.12 bits per heavy atom. The number of thioether (sulfide) groups is 1. The third-order valence-electron chi connectivity index (χ3n) is 2.16. The van der Waals surface area contributed by atoms with Gasteiger partial charge in [0.2, 0.25) is 0 Å². The normalized spacial score (nSPS) is 11.2. The highest BCUT2D eigenvalue weighted by Gasteiger charge is 2.14. The van der Waals surface area contributed by atoms with Gasteiger partial charge in [0.25, 0.3) is 0 Å². The SMILES string of the molecule is COC(=O)CSc1cncc(C(C)(C)C)c1. The minimum Gasteiger partial charge on any atom is -0.468 e. The van der Waals surface area contributed by atoms with Crippen molar-refractivity contribution in [2.45, 2.75) is 31.1 Å². The van der Waals surface area contributed by atoms with E-state index < -0.39 is 0 Å². The van der Waals surface area contributed by atoms with E-state index in [1.165, 1.54) is 24.4 Å². The van der Waals surface area contributed by atoms with Crippen LogP contribution in [-0.4, -0.2) is 23.8 Å². The molecule has 3 nitrogen and oxygen atoms in total. The second kappa shape index (κ2) is 5.34. The van der Waals surface area contributed by atoms with Crippen LogP contribution in [0.2, 0.25) is 0 Å². The molecule has 0 saturated carbocycles. The summed E-state index contributed by atoms with van der Waals surface area (Å²) in [5.74, 6) is 0.109. The molecule has 0 bridgehead atoms. The Morgan fingerprint density at radius 1 is 1.44 bits per heavy atom. The molecule has 1 aromatic heterocycles. The van der Waals surface area contributed by atoms with Gasteiger partial charge in [0.15, 0.2) is 0 Å². The van der Waals surface area contributed by atoms with Crippen molar-refractivity contribution in [2.75, 3.05) is 12.9 Å². The highest BCUT2D eigenvalue weighted by Crippen LogP contribution is 2.25. The highest BCUT2D eigenvalue weighted by atomic mass is 32.2. The smallest absolute Gasteiger partial charge is 0.315 e. The second-order valence-electron chi connectivity index (χ2n) is 4.52. The van der Waals surface area contributed by atoms with Gasteiger partial charge >= 0.3 is 5.97 Å². The molecule has 0 fully saturated rings. The molecule has 0 aromatic carbocycles. The van der Waals surface area contributed by atoms with Crippen molar-refractivity contribution >= 4 is 17.7 Å². The second-order valence-corrected chi connectivity index (χ2v) is 5.57. The summed E-state index contributed by atoms with van der Waals surface area (Å²) in [6.45, 7) is 6.41. The van der Waals surface area contributed by atoms with Gasteiger partial charge in [-0.3, -0.25) is 9.78 Å². The van der Waals surface area contributed by atoms with E-state index in [1.807, 2.05) is 6.20 Å². The van der Waals surface area contributed by atoms with Gasteiger partial charge in [-0.15, -0.1) is 11.8 Å². The van der Waals surface area contributed by atoms with Crippen molar-refractivity contribution in [3.63, 3.8) is 0 Å². The van der Waals surface area contributed by atoms with Crippen LogP contribution in [0.15, 0.2) is 23.4 Å². The zero-order chi connectivity index (χ0) is 12.2. The van der Waals surface area contributed by atoms with Gasteiger partial charge < -0.3 is 4.74 Å². The van der Waals surface area contributed by atoms with Crippen LogP contribution in [0.1, 0.15) is 26.3 Å². The quantitative estimate of drug-likeness (QED) is 0.600. The Balaban J connectivity index is 2.72. The number of rotatable bonds is 3. The van der Waals surface area contributed by atoms with Crippen molar-refractivity contribution in [1.29, 1.82) is 0 Å². The Labute approximate surface area is 101 Å². The van der Waals surface area contributed by atoms with Gasteiger partial charge in [-0.2, -0.15) is 0 Å². The van der Waals surface area contributed by atoms with Gasteiger partial charge in [0.1, 0.15) is 0 Å². The van der Waals surface area contributed by atoms with Crippen LogP contribution >= 0.6 is 11.8 Å². The zero-order valence-corrected chi connectivity index (χ0v) is 10.9. The minimum absolute atomic E-state index is 0.0782. The Kier molecular flexibility index (Phi) is 4.35. The number of carbonyl (C=O) groups excluding carboxylic acids is 1. The van der Waals surface area contributed by atoms with E-state index in [2.05, 4.69) is 36.6 Å². The van der Waals surface area contributed by atoms with Gasteiger partial charge in [-0.25, -0.2) is 0 Å². The lowest BCUT2D eigenvalue weighted by atomic mass is 9.88. The molecule has 88 valence electrons. The molecule has 1 heterocycles. The van der Waals surface area contributed by atoms with E-state index in [0.29, 0.717) is 5.75 Å². The number of nitrogens with zero attached hydrogens (tertiary/aromatic N) is 1. The summed E-state index contributed by atoms with van der Waals surface area (Å²) in [5.41, 5.74) is 1.25. The Morgan fingerprint density at radius 3 is 2.69 bits per heavy atom. The molecule has 0 aliphatic heterocycles. The van der Waals surface area contributed by atoms with Crippen molar-refractivity contribution in [2.24, 2.45) is 0 Å². The molecule has 0 unspecified atom stereocenters. The minimum atomic E-state index is -0.217. The van der Waals surface area contributed by atoms with E-state index in [0.717, 1.165) is 4.90 Å². The molecule has 1 rings (SSSR count). The average molecular weight is 239 g/mol. The lowest BCUT2D eigenvalue weighted by Gasteiger charge is -2.18. The molecule has 1 aromatic rings. The molecule has 0 aliphatic carbocycles. The maximum atomic E-state index is 11.0. The first-order valence-corrected chi connectivity index (χ1v) is 6.07. The fourth-order valence-electron chi connectivity index (χ4n) is 1.11. The maximum absolute atomic E-state index is 11.0. The summed E-state index contributed by atoms with van der Waals surface area (Å²) in [5, 5.41) is 0. The number of aromatic nitrogens is 1. The zero-order valence-electron chi connectivity index (χ0n) is 10.1. The fourth-order valence-corrected chi connectivity index (χ4v) is 1.86. The molecule has 0 saturated heterocycles. The molecule has 0 N–H and O–H groups in total. The lowest BCUT2D eigenvalue weighted by molar-refractivity contribution is -0.137. The van der Waals surface area contributed by atoms with Crippen molar-refractivity contribution in [3.8, 4) is 0 Å². The number of methoxy groups -OCH3 is 1. The summed E-state index contributed by atoms with van der Waals surface area (Å²) in [6.07, 6.45) is 3.63. The first kappa shape index (κ1) is 13.0. The molecule has 16 heavy (non-hydrogen) atoms. The molecular weight excluding hydrogens is 222 g/mol. The molecule has 0 spiro atoms. The molecule has 0 atom stereocenters. The maximum Gasteiger partial charge on any atom is 0.315 e. The fraction of sp³-hybridized carbons (Fsp3) is 0.500. The standard InChI is InChI=1S/C12H17NO2S/c1-12(2,3)9-5-10(7-13-6-9)16-8-11(14)15-4/h5-7H,8H2,1-4H3. The van der Waals surface area contributed by atoms with Crippen LogP contribution in [0, 0.1) is 0 Å². The van der Waals surface area contributed by atoms with Crippen molar-refractivity contribution in [3.05, 3.63) is 24.0 Å². The molecule has 0 amide bonds. The molecule has 0 aliphatic rings. The van der Waals surface area contributed by atoms with Crippen molar-refractivity contribution in [1.82, 2.24) is 4.98 Å². The Bertz CT molecular complexity index is 372. The first-order chi connectivity index (χ1) is 7.43. The predicted molar refractivity (Wildman–Crippen MR) is 65.7 cm³/mol. The van der Waals surface area contributed by atoms with Crippen LogP contribution in [0.4, 0.5) is 0 Å². The third kappa shape index (κ3) is 3.85. The van der Waals surface area contributed by atoms with E-state index in [-0.39, 0.29) is 11.4 Å². The monoisotopic (exact) mass is 239 g/mol. The van der Waals surface area contributed by atoms with Gasteiger partial charge in [0.05, 0.1) is 12.9 Å². The van der Waals surface area contributed by atoms with Crippen LogP contribution in [0.5, 0.6) is 0 Å². The summed E-state index contributed by atoms with van der Waals surface area (Å²) in [7, 11) is 1.40. The summed E-state index contributed by atoms with van der Waals surface area (Å²) >= 11 is 1.45. The largest absolute Gasteiger partial charge is 0.468 e. The van der Waals surface area contributed by atoms with Gasteiger partial charge in [0, 0.05) is 17.3 Å². The number of carbonyl (C=O) groups is 1. The molecule has 0 radical (unpaired) electrons. The van der Waals surface area contributed by atoms with E-state index in [1.54, 1.807) is 6.20 Å². The summed E-state index contributed by atoms with van der Waals surface area (Å²) in [4.78, 5) is 16.2. The number of hydrogen-bond acceptors (Lipinski definition) is 4. The number of pyridine rings is 1. The van der Waals surface area contributed by atoms with E-state index in [9.17, 15) is 4.79 Å². The first-order valence-electron chi connectivity index (χ1n) is 5.08. The number of ether oxygens (including phenoxy) is 1. The van der Waals surface area contributed by atoms with Crippen LogP contribution in [-0.2, 0) is 14.9 Å². The van der Waals surface area contributed by atoms with Gasteiger partial charge in [-0.05, 0) is 17.0 Å². The lowest BCUT2D eigenvalue weighted by Crippen LogP contribution is -2.11. The predicted octanol–water partition coefficient (Wildman–Crippen LogP) is 2.64. The molecular formula is C12H17NO2S. The van der Waals surface area contributed by atoms with Crippen LogP contribution in [0.25, 0.3) is 0 Å². The highest BCUT2D eigenvalue weighted by molar-refractivity contribution is 8.00. The molecule has 4 heteroatoms. The summed E-state index contributed by atoms with van der Waals surface area (Å²) < 4.78 is 4.59. The Hall–Kier alpha value is -1.03. The van der Waals surface area contributed by atoms with Crippen molar-refractivity contribution < 1.29 is 9.53 Å². The average Bonchev–Trinajstić information content (AvgIpc) is 2.25. The van der Waals surface area contributed by atoms with E-state index in [4.69, 9.17) is 0 Å². The third-order valence-corrected chi connectivity index (χ3v) is 3.10. The number of hydrogen-bond donors (Lipinski definition) is 0. The van der Waals surface area contributed by atoms with Crippen LogP contribution in [0.3, 0.4) is 0 Å². The van der Waals surface area contributed by atoms with E-state index >= 15 is 0 Å². The van der Waals surface area contributed by atoms with Gasteiger partial charge in [-0.1, -0.05) is 20.8 Å². The topological polar surface area (TPSA) is 39.2 Å². The van der Waals surface area contributed by atoms with Crippen LogP contribution < -0.4 is 0 Å². The summed E-state index contributed by atoms with van der Waals surface area (Å²) in [6, 6.07) is 2.07.